The van der Waals surface area contributed by atoms with Crippen LogP contribution in [-0.2, 0) is 6.54 Å². The summed E-state index contributed by atoms with van der Waals surface area (Å²) in [5, 5.41) is 0. The Hall–Kier alpha value is -1.99. The SMILES string of the molecule is CC(C)CC(C)n1c(=O)nc2n(Cc3cnc(Cl)s3)cccc-2c1=O. The molecule has 2 aliphatic heterocycles. The number of nitrogens with zero attached hydrogens (tertiary/aromatic N) is 4. The molecule has 6 nitrogen and oxygen atoms in total. The summed E-state index contributed by atoms with van der Waals surface area (Å²) < 4.78 is 3.49. The van der Waals surface area contributed by atoms with E-state index >= 15 is 0 Å². The number of hydrogen-bond acceptors (Lipinski definition) is 5. The molecular formula is C17H19ClN4O2S. The number of hydrogen-bond donors (Lipinski definition) is 0. The van der Waals surface area contributed by atoms with E-state index in [0.717, 1.165) is 11.3 Å². The molecule has 1 aromatic rings. The lowest BCUT2D eigenvalue weighted by Gasteiger charge is -2.19. The van der Waals surface area contributed by atoms with Crippen LogP contribution in [0.3, 0.4) is 0 Å². The molecule has 3 rings (SSSR count). The molecule has 1 unspecified atom stereocenters. The minimum absolute atomic E-state index is 0.189. The zero-order valence-electron chi connectivity index (χ0n) is 14.3. The molecule has 0 N–H and O–H groups in total. The monoisotopic (exact) mass is 378 g/mol. The van der Waals surface area contributed by atoms with Gasteiger partial charge in [-0.15, -0.1) is 11.3 Å². The number of fused-ring (bicyclic) bond motifs is 1. The van der Waals surface area contributed by atoms with Crippen molar-refractivity contribution in [1.82, 2.24) is 19.1 Å². The molecule has 0 saturated carbocycles. The quantitative estimate of drug-likeness (QED) is 0.683. The number of rotatable bonds is 5. The summed E-state index contributed by atoms with van der Waals surface area (Å²) in [6, 6.07) is 3.31. The van der Waals surface area contributed by atoms with Gasteiger partial charge in [0.2, 0.25) is 0 Å². The van der Waals surface area contributed by atoms with Gasteiger partial charge in [0.05, 0.1) is 12.1 Å². The Morgan fingerprint density at radius 1 is 1.28 bits per heavy atom. The van der Waals surface area contributed by atoms with Gasteiger partial charge in [0.1, 0.15) is 0 Å². The van der Waals surface area contributed by atoms with Crippen molar-refractivity contribution >= 4 is 22.9 Å². The van der Waals surface area contributed by atoms with Gasteiger partial charge in [-0.3, -0.25) is 9.36 Å². The molecule has 0 bridgehead atoms. The van der Waals surface area contributed by atoms with Crippen LogP contribution in [0.5, 0.6) is 0 Å². The van der Waals surface area contributed by atoms with Gasteiger partial charge in [-0.25, -0.2) is 9.78 Å². The lowest BCUT2D eigenvalue weighted by molar-refractivity contribution is 0.405. The Morgan fingerprint density at radius 3 is 2.68 bits per heavy atom. The Morgan fingerprint density at radius 2 is 2.04 bits per heavy atom. The second-order valence-electron chi connectivity index (χ2n) is 6.50. The number of thiazole rings is 1. The van der Waals surface area contributed by atoms with E-state index in [9.17, 15) is 9.59 Å². The second-order valence-corrected chi connectivity index (χ2v) is 8.20. The van der Waals surface area contributed by atoms with E-state index in [-0.39, 0.29) is 11.6 Å². The van der Waals surface area contributed by atoms with Crippen LogP contribution in [0.25, 0.3) is 11.4 Å². The van der Waals surface area contributed by atoms with Gasteiger partial charge in [0.25, 0.3) is 5.56 Å². The van der Waals surface area contributed by atoms with E-state index in [1.54, 1.807) is 29.1 Å². The fourth-order valence-electron chi connectivity index (χ4n) is 3.02. The van der Waals surface area contributed by atoms with Crippen LogP contribution in [-0.4, -0.2) is 19.1 Å². The van der Waals surface area contributed by atoms with Gasteiger partial charge in [-0.1, -0.05) is 25.4 Å². The average molecular weight is 379 g/mol. The van der Waals surface area contributed by atoms with Crippen LogP contribution in [0.2, 0.25) is 4.47 Å². The highest BCUT2D eigenvalue weighted by atomic mass is 35.5. The molecule has 0 spiro atoms. The van der Waals surface area contributed by atoms with Crippen LogP contribution in [0.15, 0.2) is 34.1 Å². The van der Waals surface area contributed by atoms with Crippen molar-refractivity contribution in [2.45, 2.75) is 39.8 Å². The summed E-state index contributed by atoms with van der Waals surface area (Å²) in [5.74, 6) is 0.767. The molecule has 0 aliphatic carbocycles. The second kappa shape index (κ2) is 7.09. The molecule has 25 heavy (non-hydrogen) atoms. The minimum atomic E-state index is -0.507. The third kappa shape index (κ3) is 3.67. The van der Waals surface area contributed by atoms with Crippen LogP contribution < -0.4 is 11.2 Å². The van der Waals surface area contributed by atoms with Crippen molar-refractivity contribution in [3.8, 4) is 11.4 Å². The zero-order valence-corrected chi connectivity index (χ0v) is 15.8. The van der Waals surface area contributed by atoms with Crippen molar-refractivity contribution in [2.24, 2.45) is 5.92 Å². The van der Waals surface area contributed by atoms with Crippen LogP contribution in [0.1, 0.15) is 38.1 Å². The molecule has 0 radical (unpaired) electrons. The van der Waals surface area contributed by atoms with Gasteiger partial charge in [-0.05, 0) is 31.4 Å². The van der Waals surface area contributed by atoms with Gasteiger partial charge >= 0.3 is 5.69 Å². The van der Waals surface area contributed by atoms with Crippen LogP contribution >= 0.6 is 22.9 Å². The maximum atomic E-state index is 12.9. The standard InChI is InChI=1S/C17H19ClN4O2S/c1-10(2)7-11(3)22-15(23)13-5-4-6-21(14(13)20-17(22)24)9-12-8-19-16(18)25-12/h4-6,8,10-11H,7,9H2,1-3H3. The van der Waals surface area contributed by atoms with Gasteiger partial charge in [0.15, 0.2) is 10.3 Å². The lowest BCUT2D eigenvalue weighted by atomic mass is 10.0. The lowest BCUT2D eigenvalue weighted by Crippen LogP contribution is -2.40. The Balaban J connectivity index is 2.09. The molecular weight excluding hydrogens is 360 g/mol. The van der Waals surface area contributed by atoms with Gasteiger partial charge < -0.3 is 4.57 Å². The summed E-state index contributed by atoms with van der Waals surface area (Å²) >= 11 is 7.23. The molecule has 0 saturated heterocycles. The first kappa shape index (κ1) is 17.8. The topological polar surface area (TPSA) is 69.8 Å². The van der Waals surface area contributed by atoms with E-state index in [4.69, 9.17) is 11.6 Å². The molecule has 0 amide bonds. The number of pyridine rings is 1. The molecule has 0 fully saturated rings. The summed E-state index contributed by atoms with van der Waals surface area (Å²) in [4.78, 5) is 34.5. The van der Waals surface area contributed by atoms with Crippen molar-refractivity contribution in [1.29, 1.82) is 0 Å². The fourth-order valence-corrected chi connectivity index (χ4v) is 4.00. The highest BCUT2D eigenvalue weighted by Crippen LogP contribution is 2.22. The van der Waals surface area contributed by atoms with Crippen LogP contribution in [0, 0.1) is 5.92 Å². The smallest absolute Gasteiger partial charge is 0.327 e. The molecule has 3 heterocycles. The van der Waals surface area contributed by atoms with Gasteiger partial charge in [0, 0.05) is 23.3 Å². The maximum absolute atomic E-state index is 12.9. The first-order chi connectivity index (χ1) is 11.9. The minimum Gasteiger partial charge on any atom is -0.327 e. The highest BCUT2D eigenvalue weighted by Gasteiger charge is 2.20. The largest absolute Gasteiger partial charge is 0.352 e. The van der Waals surface area contributed by atoms with Crippen LogP contribution in [0.4, 0.5) is 0 Å². The molecule has 132 valence electrons. The van der Waals surface area contributed by atoms with E-state index in [2.05, 4.69) is 23.8 Å². The summed E-state index contributed by atoms with van der Waals surface area (Å²) in [5.41, 5.74) is -0.360. The third-order valence-corrected chi connectivity index (χ3v) is 5.10. The van der Waals surface area contributed by atoms with E-state index < -0.39 is 5.69 Å². The fraction of sp³-hybridized carbons (Fsp3) is 0.412. The number of aromatic nitrogens is 4. The van der Waals surface area contributed by atoms with Crippen molar-refractivity contribution < 1.29 is 0 Å². The van der Waals surface area contributed by atoms with Gasteiger partial charge in [-0.2, -0.15) is 4.98 Å². The highest BCUT2D eigenvalue weighted by molar-refractivity contribution is 7.15. The predicted octanol–water partition coefficient (Wildman–Crippen LogP) is 3.28. The Bertz CT molecular complexity index is 975. The molecule has 2 aliphatic rings. The summed E-state index contributed by atoms with van der Waals surface area (Å²) in [7, 11) is 0. The van der Waals surface area contributed by atoms with E-state index in [0.29, 0.717) is 28.3 Å². The normalized spacial score (nSPS) is 12.8. The third-order valence-electron chi connectivity index (χ3n) is 4.00. The zero-order chi connectivity index (χ0) is 18.1. The van der Waals surface area contributed by atoms with Crippen molar-refractivity contribution in [2.75, 3.05) is 0 Å². The Labute approximate surface area is 154 Å². The Kier molecular flexibility index (Phi) is 5.06. The summed E-state index contributed by atoms with van der Waals surface area (Å²) in [6.07, 6.45) is 4.22. The molecule has 1 aromatic heterocycles. The molecule has 0 aromatic carbocycles. The van der Waals surface area contributed by atoms with E-state index in [1.807, 2.05) is 6.92 Å². The first-order valence-electron chi connectivity index (χ1n) is 8.08. The maximum Gasteiger partial charge on any atom is 0.352 e. The van der Waals surface area contributed by atoms with Crippen molar-refractivity contribution in [3.63, 3.8) is 0 Å². The first-order valence-corrected chi connectivity index (χ1v) is 9.28. The molecule has 8 heteroatoms. The van der Waals surface area contributed by atoms with E-state index in [1.165, 1.54) is 15.9 Å². The average Bonchev–Trinajstić information content (AvgIpc) is 2.92. The summed E-state index contributed by atoms with van der Waals surface area (Å²) in [6.45, 7) is 6.47. The molecule has 1 atom stereocenters. The van der Waals surface area contributed by atoms with Crippen molar-refractivity contribution in [3.05, 3.63) is 54.7 Å². The predicted molar refractivity (Wildman–Crippen MR) is 99.8 cm³/mol. The number of halogens is 1.